The molecule has 0 aromatic heterocycles. The van der Waals surface area contributed by atoms with Gasteiger partial charge in [-0.3, -0.25) is 0 Å². The van der Waals surface area contributed by atoms with Gasteiger partial charge >= 0.3 is 0 Å². The van der Waals surface area contributed by atoms with Crippen LogP contribution in [0.5, 0.6) is 0 Å². The van der Waals surface area contributed by atoms with Crippen LogP contribution in [0.4, 0.5) is 0 Å². The lowest BCUT2D eigenvalue weighted by Gasteiger charge is -2.38. The van der Waals surface area contributed by atoms with Gasteiger partial charge in [0.05, 0.1) is 0 Å². The first-order valence-corrected chi connectivity index (χ1v) is 7.75. The lowest BCUT2D eigenvalue weighted by molar-refractivity contribution is 0.122. The van der Waals surface area contributed by atoms with E-state index in [1.165, 1.54) is 32.2 Å². The van der Waals surface area contributed by atoms with E-state index in [0.717, 1.165) is 24.4 Å². The van der Waals surface area contributed by atoms with Crippen LogP contribution in [0.3, 0.4) is 0 Å². The van der Waals surface area contributed by atoms with Crippen molar-refractivity contribution in [2.24, 2.45) is 11.8 Å². The summed E-state index contributed by atoms with van der Waals surface area (Å²) in [6.45, 7) is 13.9. The zero-order valence-corrected chi connectivity index (χ0v) is 13.4. The summed E-state index contributed by atoms with van der Waals surface area (Å²) in [5.74, 6) is 1.61. The van der Waals surface area contributed by atoms with Gasteiger partial charge in [-0.25, -0.2) is 0 Å². The van der Waals surface area contributed by atoms with Gasteiger partial charge in [-0.15, -0.1) is 0 Å². The number of hydrogen-bond donors (Lipinski definition) is 1. The Morgan fingerprint density at radius 1 is 1.22 bits per heavy atom. The molecule has 2 nitrogen and oxygen atoms in total. The molecule has 0 aromatic carbocycles. The van der Waals surface area contributed by atoms with E-state index < -0.39 is 0 Å². The Hall–Kier alpha value is -0.0800. The number of rotatable bonds is 5. The molecule has 1 aliphatic carbocycles. The molecule has 108 valence electrons. The van der Waals surface area contributed by atoms with Crippen LogP contribution in [0.2, 0.25) is 0 Å². The van der Waals surface area contributed by atoms with E-state index in [1.807, 2.05) is 0 Å². The van der Waals surface area contributed by atoms with Crippen LogP contribution in [0, 0.1) is 11.8 Å². The van der Waals surface area contributed by atoms with Crippen molar-refractivity contribution >= 4 is 0 Å². The minimum Gasteiger partial charge on any atom is -0.312 e. The second-order valence-electron chi connectivity index (χ2n) is 7.50. The first-order chi connectivity index (χ1) is 8.29. The molecule has 0 saturated heterocycles. The lowest BCUT2D eigenvalue weighted by Crippen LogP contribution is -2.44. The highest BCUT2D eigenvalue weighted by molar-refractivity contribution is 4.81. The number of nitrogens with zero attached hydrogens (tertiary/aromatic N) is 1. The molecule has 18 heavy (non-hydrogen) atoms. The third-order valence-corrected chi connectivity index (χ3v) is 4.21. The molecule has 0 heterocycles. The molecule has 0 amide bonds. The van der Waals surface area contributed by atoms with Crippen LogP contribution in [0.25, 0.3) is 0 Å². The van der Waals surface area contributed by atoms with Crippen molar-refractivity contribution in [3.8, 4) is 0 Å². The minimum absolute atomic E-state index is 0.241. The van der Waals surface area contributed by atoms with Gasteiger partial charge in [-0.1, -0.05) is 26.7 Å². The highest BCUT2D eigenvalue weighted by atomic mass is 15.1. The van der Waals surface area contributed by atoms with Gasteiger partial charge in [-0.2, -0.15) is 0 Å². The first kappa shape index (κ1) is 16.0. The smallest absolute Gasteiger partial charge is 0.0118 e. The second kappa shape index (κ2) is 6.91. The summed E-state index contributed by atoms with van der Waals surface area (Å²) >= 11 is 0. The summed E-state index contributed by atoms with van der Waals surface area (Å²) in [7, 11) is 2.32. The van der Waals surface area contributed by atoms with Crippen molar-refractivity contribution in [3.05, 3.63) is 0 Å². The topological polar surface area (TPSA) is 15.3 Å². The fourth-order valence-corrected chi connectivity index (χ4v) is 3.12. The van der Waals surface area contributed by atoms with Crippen LogP contribution in [0.1, 0.15) is 60.3 Å². The van der Waals surface area contributed by atoms with Gasteiger partial charge in [0, 0.05) is 18.1 Å². The van der Waals surface area contributed by atoms with Crippen molar-refractivity contribution in [1.29, 1.82) is 0 Å². The summed E-state index contributed by atoms with van der Waals surface area (Å²) in [6, 6.07) is 0.816. The summed E-state index contributed by atoms with van der Waals surface area (Å²) in [5.41, 5.74) is 0.241. The fraction of sp³-hybridized carbons (Fsp3) is 1.00. The summed E-state index contributed by atoms with van der Waals surface area (Å²) in [6.07, 6.45) is 5.68. The maximum Gasteiger partial charge on any atom is 0.0118 e. The van der Waals surface area contributed by atoms with Gasteiger partial charge in [0.2, 0.25) is 0 Å². The van der Waals surface area contributed by atoms with Crippen molar-refractivity contribution < 1.29 is 0 Å². The van der Waals surface area contributed by atoms with E-state index in [2.05, 4.69) is 51.9 Å². The van der Waals surface area contributed by atoms with E-state index in [9.17, 15) is 0 Å². The van der Waals surface area contributed by atoms with Crippen LogP contribution >= 0.6 is 0 Å². The van der Waals surface area contributed by atoms with Gasteiger partial charge in [-0.05, 0) is 59.0 Å². The first-order valence-electron chi connectivity index (χ1n) is 7.75. The molecule has 3 atom stereocenters. The van der Waals surface area contributed by atoms with E-state index in [0.29, 0.717) is 0 Å². The molecule has 2 heteroatoms. The monoisotopic (exact) mass is 254 g/mol. The Bertz CT molecular complexity index is 232. The van der Waals surface area contributed by atoms with Crippen LogP contribution in [-0.4, -0.2) is 36.6 Å². The molecule has 1 aliphatic rings. The summed E-state index contributed by atoms with van der Waals surface area (Å²) < 4.78 is 0. The SMILES string of the molecule is CC(CNC(C)(C)C)CN(C)C1CCCCC1C. The summed E-state index contributed by atoms with van der Waals surface area (Å²) in [4.78, 5) is 2.61. The summed E-state index contributed by atoms with van der Waals surface area (Å²) in [5, 5.41) is 3.61. The Labute approximate surface area is 115 Å². The predicted molar refractivity (Wildman–Crippen MR) is 81.0 cm³/mol. The van der Waals surface area contributed by atoms with E-state index in [4.69, 9.17) is 0 Å². The highest BCUT2D eigenvalue weighted by Gasteiger charge is 2.25. The van der Waals surface area contributed by atoms with Crippen molar-refractivity contribution in [1.82, 2.24) is 10.2 Å². The second-order valence-corrected chi connectivity index (χ2v) is 7.50. The maximum atomic E-state index is 3.61. The fourth-order valence-electron chi connectivity index (χ4n) is 3.12. The molecule has 1 fully saturated rings. The predicted octanol–water partition coefficient (Wildman–Crippen LogP) is 3.52. The van der Waals surface area contributed by atoms with Crippen molar-refractivity contribution in [2.75, 3.05) is 20.1 Å². The molecule has 1 saturated carbocycles. The largest absolute Gasteiger partial charge is 0.312 e. The van der Waals surface area contributed by atoms with Crippen LogP contribution < -0.4 is 5.32 Å². The van der Waals surface area contributed by atoms with Gasteiger partial charge < -0.3 is 10.2 Å². The Balaban J connectivity index is 2.32. The molecular weight excluding hydrogens is 220 g/mol. The standard InChI is InChI=1S/C16H34N2/c1-13(11-17-16(3,4)5)12-18(6)15-10-8-7-9-14(15)2/h13-15,17H,7-12H2,1-6H3. The van der Waals surface area contributed by atoms with E-state index >= 15 is 0 Å². The van der Waals surface area contributed by atoms with Crippen LogP contribution in [0.15, 0.2) is 0 Å². The van der Waals surface area contributed by atoms with Crippen molar-refractivity contribution in [3.63, 3.8) is 0 Å². The molecule has 0 aromatic rings. The van der Waals surface area contributed by atoms with E-state index in [1.54, 1.807) is 0 Å². The molecule has 0 bridgehead atoms. The molecule has 1 rings (SSSR count). The normalized spacial score (nSPS) is 27.5. The van der Waals surface area contributed by atoms with Crippen LogP contribution in [-0.2, 0) is 0 Å². The zero-order chi connectivity index (χ0) is 13.8. The quantitative estimate of drug-likeness (QED) is 0.807. The Morgan fingerprint density at radius 2 is 1.83 bits per heavy atom. The molecular formula is C16H34N2. The maximum absolute atomic E-state index is 3.61. The lowest BCUT2D eigenvalue weighted by atomic mass is 9.85. The van der Waals surface area contributed by atoms with Gasteiger partial charge in [0.15, 0.2) is 0 Å². The molecule has 0 radical (unpaired) electrons. The molecule has 1 N–H and O–H groups in total. The molecule has 0 aliphatic heterocycles. The van der Waals surface area contributed by atoms with Crippen molar-refractivity contribution in [2.45, 2.75) is 71.9 Å². The average molecular weight is 254 g/mol. The molecule has 3 unspecified atom stereocenters. The van der Waals surface area contributed by atoms with Gasteiger partial charge in [0.25, 0.3) is 0 Å². The Kier molecular flexibility index (Phi) is 6.13. The zero-order valence-electron chi connectivity index (χ0n) is 13.4. The number of hydrogen-bond acceptors (Lipinski definition) is 2. The third kappa shape index (κ3) is 5.71. The average Bonchev–Trinajstić information content (AvgIpc) is 2.26. The minimum atomic E-state index is 0.241. The Morgan fingerprint density at radius 3 is 2.39 bits per heavy atom. The molecule has 0 spiro atoms. The van der Waals surface area contributed by atoms with E-state index in [-0.39, 0.29) is 5.54 Å². The van der Waals surface area contributed by atoms with Gasteiger partial charge in [0.1, 0.15) is 0 Å². The highest BCUT2D eigenvalue weighted by Crippen LogP contribution is 2.27. The number of nitrogens with one attached hydrogen (secondary N) is 1. The third-order valence-electron chi connectivity index (χ3n) is 4.21.